The summed E-state index contributed by atoms with van der Waals surface area (Å²) in [5.41, 5.74) is 1.16. The van der Waals surface area contributed by atoms with Crippen molar-refractivity contribution in [3.63, 3.8) is 0 Å². The minimum atomic E-state index is -0.608. The molecule has 0 aliphatic heterocycles. The van der Waals surface area contributed by atoms with E-state index in [0.29, 0.717) is 22.8 Å². The topological polar surface area (TPSA) is 80.3 Å². The fraction of sp³-hybridized carbons (Fsp3) is 0.154. The van der Waals surface area contributed by atoms with E-state index in [4.69, 9.17) is 23.7 Å². The van der Waals surface area contributed by atoms with Crippen LogP contribution in [0.25, 0.3) is 6.08 Å². The van der Waals surface area contributed by atoms with Crippen molar-refractivity contribution in [2.24, 2.45) is 0 Å². The van der Waals surface area contributed by atoms with Gasteiger partial charge in [-0.15, -0.1) is 0 Å². The van der Waals surface area contributed by atoms with Crippen molar-refractivity contribution in [1.29, 1.82) is 0 Å². The molecule has 0 aliphatic rings. The molecule has 0 aromatic heterocycles. The second-order valence-corrected chi connectivity index (χ2v) is 6.77. The molecule has 3 aromatic rings. The molecule has 3 rings (SSSR count). The Bertz CT molecular complexity index is 1170. The molecule has 7 nitrogen and oxygen atoms in total. The third-order valence-electron chi connectivity index (χ3n) is 4.79. The SMILES string of the molecule is COc1cc(OC)c(C(=O)/C=C/c2ccc(OC)c(OC)c2)c(OC(=O)c2ccccc2)c1. The van der Waals surface area contributed by atoms with Gasteiger partial charge in [0.15, 0.2) is 17.3 Å². The Morgan fingerprint density at radius 2 is 1.36 bits per heavy atom. The maximum absolute atomic E-state index is 13.2. The number of ketones is 1. The molecule has 0 bridgehead atoms. The van der Waals surface area contributed by atoms with E-state index < -0.39 is 11.8 Å². The normalized spacial score (nSPS) is 10.5. The van der Waals surface area contributed by atoms with Crippen molar-refractivity contribution in [2.75, 3.05) is 28.4 Å². The second-order valence-electron chi connectivity index (χ2n) is 6.77. The molecule has 0 radical (unpaired) electrons. The van der Waals surface area contributed by atoms with Crippen molar-refractivity contribution in [2.45, 2.75) is 0 Å². The molecule has 0 saturated heterocycles. The number of carbonyl (C=O) groups is 2. The monoisotopic (exact) mass is 448 g/mol. The number of benzene rings is 3. The number of carbonyl (C=O) groups excluding carboxylic acids is 2. The van der Waals surface area contributed by atoms with Crippen LogP contribution in [0.5, 0.6) is 28.7 Å². The van der Waals surface area contributed by atoms with Crippen LogP contribution in [-0.2, 0) is 0 Å². The average molecular weight is 448 g/mol. The minimum absolute atomic E-state index is 0.0296. The number of hydrogen-bond donors (Lipinski definition) is 0. The van der Waals surface area contributed by atoms with Gasteiger partial charge in [-0.05, 0) is 35.9 Å². The Morgan fingerprint density at radius 1 is 0.697 bits per heavy atom. The standard InChI is InChI=1S/C26H24O7/c1-29-19-15-23(32-4)25(24(16-19)33-26(28)18-8-6-5-7-9-18)20(27)12-10-17-11-13-21(30-2)22(14-17)31-3/h5-16H,1-4H3/b12-10+. The van der Waals surface area contributed by atoms with E-state index in [1.807, 2.05) is 0 Å². The number of ether oxygens (including phenoxy) is 5. The molecule has 0 fully saturated rings. The Morgan fingerprint density at radius 3 is 2.00 bits per heavy atom. The number of rotatable bonds is 9. The zero-order chi connectivity index (χ0) is 23.8. The van der Waals surface area contributed by atoms with Crippen LogP contribution in [0, 0.1) is 0 Å². The van der Waals surface area contributed by atoms with Crippen molar-refractivity contribution < 1.29 is 33.3 Å². The van der Waals surface area contributed by atoms with Gasteiger partial charge in [0, 0.05) is 12.1 Å². The molecule has 0 spiro atoms. The lowest BCUT2D eigenvalue weighted by atomic mass is 10.1. The van der Waals surface area contributed by atoms with E-state index in [-0.39, 0.29) is 17.1 Å². The Kier molecular flexibility index (Phi) is 7.70. The Labute approximate surface area is 192 Å². The van der Waals surface area contributed by atoms with Gasteiger partial charge in [-0.3, -0.25) is 4.79 Å². The van der Waals surface area contributed by atoms with Crippen LogP contribution >= 0.6 is 0 Å². The van der Waals surface area contributed by atoms with Gasteiger partial charge < -0.3 is 23.7 Å². The van der Waals surface area contributed by atoms with Crippen LogP contribution in [0.4, 0.5) is 0 Å². The van der Waals surface area contributed by atoms with Crippen molar-refractivity contribution >= 4 is 17.8 Å². The fourth-order valence-electron chi connectivity index (χ4n) is 3.11. The van der Waals surface area contributed by atoms with Gasteiger partial charge in [-0.2, -0.15) is 0 Å². The molecule has 0 N–H and O–H groups in total. The van der Waals surface area contributed by atoms with Gasteiger partial charge in [0.05, 0.1) is 34.0 Å². The molecular weight excluding hydrogens is 424 g/mol. The molecule has 0 saturated carbocycles. The molecular formula is C26H24O7. The maximum atomic E-state index is 13.2. The van der Waals surface area contributed by atoms with Crippen molar-refractivity contribution in [3.05, 3.63) is 83.4 Å². The van der Waals surface area contributed by atoms with E-state index >= 15 is 0 Å². The van der Waals surface area contributed by atoms with Crippen LogP contribution in [0.3, 0.4) is 0 Å². The molecule has 0 aliphatic carbocycles. The fourth-order valence-corrected chi connectivity index (χ4v) is 3.11. The highest BCUT2D eigenvalue weighted by atomic mass is 16.5. The first-order valence-electron chi connectivity index (χ1n) is 9.98. The molecule has 0 amide bonds. The van der Waals surface area contributed by atoms with Gasteiger partial charge in [0.2, 0.25) is 0 Å². The molecule has 0 unspecified atom stereocenters. The van der Waals surface area contributed by atoms with E-state index in [2.05, 4.69) is 0 Å². The van der Waals surface area contributed by atoms with Gasteiger partial charge in [-0.1, -0.05) is 30.3 Å². The summed E-state index contributed by atoms with van der Waals surface area (Å²) >= 11 is 0. The number of methoxy groups -OCH3 is 4. The predicted octanol–water partition coefficient (Wildman–Crippen LogP) is 4.84. The first kappa shape index (κ1) is 23.4. The van der Waals surface area contributed by atoms with E-state index in [0.717, 1.165) is 5.56 Å². The highest BCUT2D eigenvalue weighted by Gasteiger charge is 2.22. The average Bonchev–Trinajstić information content (AvgIpc) is 2.86. The van der Waals surface area contributed by atoms with Crippen molar-refractivity contribution in [3.8, 4) is 28.7 Å². The van der Waals surface area contributed by atoms with Crippen LogP contribution in [0.15, 0.2) is 66.7 Å². The Hall–Kier alpha value is -4.26. The lowest BCUT2D eigenvalue weighted by Crippen LogP contribution is -2.12. The predicted molar refractivity (Wildman–Crippen MR) is 124 cm³/mol. The number of esters is 1. The maximum Gasteiger partial charge on any atom is 0.343 e. The molecule has 170 valence electrons. The highest BCUT2D eigenvalue weighted by Crippen LogP contribution is 2.35. The Balaban J connectivity index is 1.97. The summed E-state index contributed by atoms with van der Waals surface area (Å²) < 4.78 is 26.8. The first-order chi connectivity index (χ1) is 16.0. The summed E-state index contributed by atoms with van der Waals surface area (Å²) in [7, 11) is 5.97. The van der Waals surface area contributed by atoms with Crippen molar-refractivity contribution in [1.82, 2.24) is 0 Å². The summed E-state index contributed by atoms with van der Waals surface area (Å²) in [6.45, 7) is 0. The smallest absolute Gasteiger partial charge is 0.343 e. The summed E-state index contributed by atoms with van der Waals surface area (Å²) in [6.07, 6.45) is 2.99. The molecule has 33 heavy (non-hydrogen) atoms. The van der Waals surface area contributed by atoms with Crippen LogP contribution in [0.2, 0.25) is 0 Å². The lowest BCUT2D eigenvalue weighted by Gasteiger charge is -2.14. The molecule has 0 atom stereocenters. The summed E-state index contributed by atoms with van der Waals surface area (Å²) in [4.78, 5) is 25.8. The zero-order valence-electron chi connectivity index (χ0n) is 18.8. The van der Waals surface area contributed by atoms with E-state index in [1.54, 1.807) is 67.8 Å². The van der Waals surface area contributed by atoms with E-state index in [9.17, 15) is 9.59 Å². The number of allylic oxidation sites excluding steroid dienone is 1. The minimum Gasteiger partial charge on any atom is -0.496 e. The third-order valence-corrected chi connectivity index (χ3v) is 4.79. The van der Waals surface area contributed by atoms with Crippen LogP contribution in [0.1, 0.15) is 26.3 Å². The zero-order valence-corrected chi connectivity index (χ0v) is 18.8. The summed E-state index contributed by atoms with van der Waals surface area (Å²) in [5, 5.41) is 0. The second kappa shape index (κ2) is 10.9. The largest absolute Gasteiger partial charge is 0.496 e. The molecule has 3 aromatic carbocycles. The van der Waals surface area contributed by atoms with Gasteiger partial charge in [-0.25, -0.2) is 4.79 Å². The van der Waals surface area contributed by atoms with E-state index in [1.165, 1.54) is 33.5 Å². The third kappa shape index (κ3) is 5.51. The lowest BCUT2D eigenvalue weighted by molar-refractivity contribution is 0.0732. The first-order valence-corrected chi connectivity index (χ1v) is 9.98. The number of hydrogen-bond acceptors (Lipinski definition) is 7. The van der Waals surface area contributed by atoms with Crippen LogP contribution in [-0.4, -0.2) is 40.2 Å². The molecule has 7 heteroatoms. The van der Waals surface area contributed by atoms with Gasteiger partial charge in [0.25, 0.3) is 0 Å². The summed E-state index contributed by atoms with van der Waals surface area (Å²) in [5.74, 6) is 0.709. The molecule has 0 heterocycles. The highest BCUT2D eigenvalue weighted by molar-refractivity contribution is 6.11. The van der Waals surface area contributed by atoms with Gasteiger partial charge >= 0.3 is 5.97 Å². The summed E-state index contributed by atoms with van der Waals surface area (Å²) in [6, 6.07) is 16.8. The van der Waals surface area contributed by atoms with Crippen LogP contribution < -0.4 is 23.7 Å². The van der Waals surface area contributed by atoms with Gasteiger partial charge in [0.1, 0.15) is 22.8 Å². The quantitative estimate of drug-likeness (QED) is 0.201.